The number of aromatic nitrogens is 1. The summed E-state index contributed by atoms with van der Waals surface area (Å²) in [5, 5.41) is 24.2. The van der Waals surface area contributed by atoms with Crippen LogP contribution in [-0.4, -0.2) is 63.4 Å². The van der Waals surface area contributed by atoms with Gasteiger partial charge in [-0.2, -0.15) is 0 Å². The molecule has 3 heterocycles. The number of nitrogens with one attached hydrogen (secondary N) is 1. The molecule has 0 saturated carbocycles. The summed E-state index contributed by atoms with van der Waals surface area (Å²) in [7, 11) is 0. The van der Waals surface area contributed by atoms with Crippen LogP contribution in [-0.2, 0) is 9.59 Å². The van der Waals surface area contributed by atoms with Gasteiger partial charge in [-0.3, -0.25) is 14.7 Å². The predicted molar refractivity (Wildman–Crippen MR) is 118 cm³/mol. The summed E-state index contributed by atoms with van der Waals surface area (Å²) >= 11 is 7.42. The lowest BCUT2D eigenvalue weighted by molar-refractivity contribution is -0.152. The number of amidine groups is 1. The number of likely N-dealkylation sites (tertiary alicyclic amines) is 1. The van der Waals surface area contributed by atoms with Crippen molar-refractivity contribution in [1.29, 1.82) is 0 Å². The summed E-state index contributed by atoms with van der Waals surface area (Å²) in [6, 6.07) is 2.27. The van der Waals surface area contributed by atoms with Crippen LogP contribution in [0.2, 0.25) is 5.02 Å². The van der Waals surface area contributed by atoms with E-state index >= 15 is 0 Å². The molecule has 0 amide bonds. The smallest absolute Gasteiger partial charge is 0.335 e. The second-order valence-electron chi connectivity index (χ2n) is 7.97. The van der Waals surface area contributed by atoms with E-state index in [9.17, 15) is 33.0 Å². The summed E-state index contributed by atoms with van der Waals surface area (Å²) in [6.45, 7) is -1.23. The average Bonchev–Trinajstić information content (AvgIpc) is 3.26. The van der Waals surface area contributed by atoms with Gasteiger partial charge in [0.1, 0.15) is 11.9 Å². The third-order valence-corrected chi connectivity index (χ3v) is 6.57. The van der Waals surface area contributed by atoms with Gasteiger partial charge < -0.3 is 15.5 Å². The maximum absolute atomic E-state index is 14.3. The van der Waals surface area contributed by atoms with Crippen molar-refractivity contribution < 1.29 is 33.0 Å². The predicted octanol–water partition coefficient (Wildman–Crippen LogP) is 3.41. The summed E-state index contributed by atoms with van der Waals surface area (Å²) < 4.78 is 42.2. The zero-order chi connectivity index (χ0) is 24.6. The Morgan fingerprint density at radius 1 is 1.32 bits per heavy atom. The van der Waals surface area contributed by atoms with E-state index in [1.54, 1.807) is 5.38 Å². The molecule has 4 rings (SSSR count). The molecule has 2 aromatic rings. The number of nitrogens with zero attached hydrogens (tertiary/aromatic N) is 3. The third kappa shape index (κ3) is 5.08. The van der Waals surface area contributed by atoms with E-state index in [-0.39, 0.29) is 40.8 Å². The highest BCUT2D eigenvalue weighted by Crippen LogP contribution is 2.37. The van der Waals surface area contributed by atoms with E-state index in [0.717, 1.165) is 12.1 Å². The number of benzene rings is 1. The molecule has 13 heteroatoms. The molecule has 8 nitrogen and oxygen atoms in total. The van der Waals surface area contributed by atoms with Gasteiger partial charge in [0.25, 0.3) is 5.92 Å². The number of alkyl halides is 2. The van der Waals surface area contributed by atoms with Crippen molar-refractivity contribution in [3.63, 3.8) is 0 Å². The molecule has 0 spiro atoms. The molecule has 1 saturated heterocycles. The number of halogens is 4. The zero-order valence-electron chi connectivity index (χ0n) is 17.3. The molecule has 2 aliphatic heterocycles. The largest absolute Gasteiger partial charge is 0.481 e. The first kappa shape index (κ1) is 24.2. The van der Waals surface area contributed by atoms with Crippen molar-refractivity contribution in [2.24, 2.45) is 10.9 Å². The van der Waals surface area contributed by atoms with Gasteiger partial charge in [-0.15, -0.1) is 11.3 Å². The molecule has 0 bridgehead atoms. The Hall–Kier alpha value is -2.96. The molecule has 34 heavy (non-hydrogen) atoms. The van der Waals surface area contributed by atoms with Crippen LogP contribution >= 0.6 is 22.9 Å². The van der Waals surface area contributed by atoms with Crippen LogP contribution in [0.15, 0.2) is 46.0 Å². The monoisotopic (exact) mass is 514 g/mol. The third-order valence-electron chi connectivity index (χ3n) is 5.46. The number of rotatable bonds is 6. The number of thiazole rings is 1. The normalized spacial score (nSPS) is 22.8. The van der Waals surface area contributed by atoms with Crippen LogP contribution in [0.1, 0.15) is 23.0 Å². The number of piperidine rings is 1. The van der Waals surface area contributed by atoms with E-state index in [0.29, 0.717) is 5.01 Å². The topological polar surface area (TPSA) is 115 Å². The van der Waals surface area contributed by atoms with Crippen molar-refractivity contribution >= 4 is 40.7 Å². The van der Waals surface area contributed by atoms with Crippen LogP contribution in [0.4, 0.5) is 13.2 Å². The molecule has 1 fully saturated rings. The fourth-order valence-electron chi connectivity index (χ4n) is 4.07. The Balaban J connectivity index is 1.78. The van der Waals surface area contributed by atoms with Gasteiger partial charge in [-0.25, -0.2) is 22.9 Å². The lowest BCUT2D eigenvalue weighted by Crippen LogP contribution is -2.51. The quantitative estimate of drug-likeness (QED) is 0.541. The highest BCUT2D eigenvalue weighted by molar-refractivity contribution is 7.11. The lowest BCUT2D eigenvalue weighted by Gasteiger charge is -2.37. The minimum absolute atomic E-state index is 0.0416. The van der Waals surface area contributed by atoms with E-state index < -0.39 is 48.6 Å². The number of carboxylic acids is 2. The van der Waals surface area contributed by atoms with Gasteiger partial charge in [0.2, 0.25) is 0 Å². The van der Waals surface area contributed by atoms with Gasteiger partial charge in [0, 0.05) is 47.4 Å². The Labute approximate surface area is 200 Å². The molecule has 0 aliphatic carbocycles. The number of hydrogen-bond donors (Lipinski definition) is 3. The van der Waals surface area contributed by atoms with Crippen molar-refractivity contribution in [2.45, 2.75) is 18.4 Å². The van der Waals surface area contributed by atoms with Crippen molar-refractivity contribution in [1.82, 2.24) is 15.2 Å². The molecule has 2 atom stereocenters. The summed E-state index contributed by atoms with van der Waals surface area (Å²) in [5.41, 5.74) is -0.0181. The summed E-state index contributed by atoms with van der Waals surface area (Å²) in [5.74, 6) is -7.73. The number of carboxylic acid groups (broad SMARTS) is 2. The molecule has 1 aromatic carbocycles. The van der Waals surface area contributed by atoms with E-state index in [4.69, 9.17) is 11.6 Å². The van der Waals surface area contributed by atoms with Crippen LogP contribution in [0.5, 0.6) is 0 Å². The molecular weight excluding hydrogens is 497 g/mol. The van der Waals surface area contributed by atoms with Gasteiger partial charge in [0.05, 0.1) is 18.0 Å². The summed E-state index contributed by atoms with van der Waals surface area (Å²) in [6.07, 6.45) is 0.722. The van der Waals surface area contributed by atoms with Crippen LogP contribution in [0, 0.1) is 11.7 Å². The number of aliphatic carboxylic acids is 2. The minimum Gasteiger partial charge on any atom is -0.481 e. The van der Waals surface area contributed by atoms with E-state index in [1.165, 1.54) is 28.5 Å². The van der Waals surface area contributed by atoms with Gasteiger partial charge in [0.15, 0.2) is 10.8 Å². The number of carbonyl (C=O) groups is 2. The second-order valence-corrected chi connectivity index (χ2v) is 9.27. The van der Waals surface area contributed by atoms with Gasteiger partial charge in [-0.1, -0.05) is 17.7 Å². The standard InChI is InChI=1S/C21H18ClF3N4O4S/c22-13-5-11(23)1-2-12(13)16-15(20(32)33)14(27-17(28-16)18-26-3-4-34-18)8-29-7-10(19(30)31)6-21(24,25)9-29/h1-5,10,16H,6-9H2,(H,27,28)(H,30,31)(H,32,33)/t10?,16-/m0/s1. The van der Waals surface area contributed by atoms with Crippen molar-refractivity contribution in [3.05, 3.63) is 62.5 Å². The molecule has 1 unspecified atom stereocenters. The van der Waals surface area contributed by atoms with E-state index in [2.05, 4.69) is 15.3 Å². The van der Waals surface area contributed by atoms with Crippen molar-refractivity contribution in [3.8, 4) is 0 Å². The number of aliphatic imine (C=N–C) groups is 1. The molecule has 0 radical (unpaired) electrons. The Morgan fingerprint density at radius 2 is 2.09 bits per heavy atom. The first-order valence-corrected chi connectivity index (χ1v) is 11.3. The molecule has 2 aliphatic rings. The molecule has 3 N–H and O–H groups in total. The van der Waals surface area contributed by atoms with Gasteiger partial charge >= 0.3 is 11.9 Å². The highest BCUT2D eigenvalue weighted by Gasteiger charge is 2.44. The fourth-order valence-corrected chi connectivity index (χ4v) is 4.93. The zero-order valence-corrected chi connectivity index (χ0v) is 18.9. The summed E-state index contributed by atoms with van der Waals surface area (Å²) in [4.78, 5) is 33.5. The Bertz CT molecular complexity index is 1190. The molecule has 180 valence electrons. The minimum atomic E-state index is -3.26. The first-order valence-electron chi connectivity index (χ1n) is 10.0. The average molecular weight is 515 g/mol. The van der Waals surface area contributed by atoms with Crippen LogP contribution in [0.3, 0.4) is 0 Å². The molecule has 1 aromatic heterocycles. The fraction of sp³-hybridized carbons (Fsp3) is 0.333. The SMILES string of the molecule is O=C(O)C1=C(CN2CC(C(=O)O)CC(F)(F)C2)NC(c2nccs2)=N[C@H]1c1ccc(F)cc1Cl. The Morgan fingerprint density at radius 3 is 2.71 bits per heavy atom. The Kier molecular flexibility index (Phi) is 6.65. The maximum Gasteiger partial charge on any atom is 0.335 e. The maximum atomic E-state index is 14.3. The van der Waals surface area contributed by atoms with Crippen LogP contribution in [0.25, 0.3) is 0 Å². The van der Waals surface area contributed by atoms with E-state index in [1.807, 2.05) is 0 Å². The molecular formula is C21H18ClF3N4O4S. The first-order chi connectivity index (χ1) is 16.0. The van der Waals surface area contributed by atoms with Crippen LogP contribution < -0.4 is 5.32 Å². The second kappa shape index (κ2) is 9.35. The van der Waals surface area contributed by atoms with Crippen molar-refractivity contribution in [2.75, 3.05) is 19.6 Å². The number of hydrogen-bond acceptors (Lipinski definition) is 7. The van der Waals surface area contributed by atoms with Gasteiger partial charge in [-0.05, 0) is 12.1 Å². The highest BCUT2D eigenvalue weighted by atomic mass is 35.5. The lowest BCUT2D eigenvalue weighted by atomic mass is 9.93.